The van der Waals surface area contributed by atoms with Crippen molar-refractivity contribution in [2.75, 3.05) is 39.3 Å². The zero-order chi connectivity index (χ0) is 15.3. The van der Waals surface area contributed by atoms with E-state index in [1.165, 1.54) is 5.56 Å². The summed E-state index contributed by atoms with van der Waals surface area (Å²) >= 11 is 1.65. The fraction of sp³-hybridized carbons (Fsp3) is 0.615. The van der Waals surface area contributed by atoms with Gasteiger partial charge in [-0.05, 0) is 22.4 Å². The summed E-state index contributed by atoms with van der Waals surface area (Å²) in [5.41, 5.74) is 1.26. The smallest absolute Gasteiger partial charge is 0.339 e. The molecule has 1 saturated heterocycles. The Balaban J connectivity index is 1.67. The number of hydrogen-bond donors (Lipinski definition) is 1. The van der Waals surface area contributed by atoms with Crippen LogP contribution in [-0.4, -0.2) is 61.2 Å². The minimum atomic E-state index is -4.28. The van der Waals surface area contributed by atoms with Crippen LogP contribution < -0.4 is 5.32 Å². The van der Waals surface area contributed by atoms with E-state index < -0.39 is 12.7 Å². The van der Waals surface area contributed by atoms with Gasteiger partial charge >= 0.3 is 6.18 Å². The first-order valence-corrected chi connectivity index (χ1v) is 7.67. The lowest BCUT2D eigenvalue weighted by molar-refractivity contribution is -0.135. The molecule has 0 bridgehead atoms. The standard InChI is InChI=1S/C13H18F3N3OS/c14-13(15,16)10-17-7-12(20)19-4-2-18(3-5-19)8-11-1-6-21-9-11/h1,6,9,17H,2-5,7-8,10H2. The Bertz CT molecular complexity index is 442. The fourth-order valence-corrected chi connectivity index (χ4v) is 2.88. The summed E-state index contributed by atoms with van der Waals surface area (Å²) in [7, 11) is 0. The van der Waals surface area contributed by atoms with E-state index in [2.05, 4.69) is 21.7 Å². The van der Waals surface area contributed by atoms with Gasteiger partial charge in [0.1, 0.15) is 0 Å². The lowest BCUT2D eigenvalue weighted by Crippen LogP contribution is -2.50. The van der Waals surface area contributed by atoms with Crippen LogP contribution >= 0.6 is 11.3 Å². The van der Waals surface area contributed by atoms with Gasteiger partial charge in [-0.25, -0.2) is 0 Å². The summed E-state index contributed by atoms with van der Waals surface area (Å²) in [5, 5.41) is 6.27. The highest BCUT2D eigenvalue weighted by Gasteiger charge is 2.27. The molecule has 1 aliphatic heterocycles. The van der Waals surface area contributed by atoms with Gasteiger partial charge in [-0.15, -0.1) is 0 Å². The number of thiophene rings is 1. The van der Waals surface area contributed by atoms with Crippen LogP contribution in [0.25, 0.3) is 0 Å². The quantitative estimate of drug-likeness (QED) is 0.894. The Kier molecular flexibility index (Phi) is 5.60. The average molecular weight is 321 g/mol. The van der Waals surface area contributed by atoms with Gasteiger partial charge in [-0.3, -0.25) is 9.69 Å². The molecular weight excluding hydrogens is 303 g/mol. The molecule has 1 fully saturated rings. The van der Waals surface area contributed by atoms with E-state index in [9.17, 15) is 18.0 Å². The van der Waals surface area contributed by atoms with Gasteiger partial charge in [0.25, 0.3) is 0 Å². The van der Waals surface area contributed by atoms with Crippen molar-refractivity contribution in [3.05, 3.63) is 22.4 Å². The summed E-state index contributed by atoms with van der Waals surface area (Å²) in [6, 6.07) is 2.07. The summed E-state index contributed by atoms with van der Waals surface area (Å²) in [4.78, 5) is 15.7. The summed E-state index contributed by atoms with van der Waals surface area (Å²) in [5.74, 6) is -0.269. The molecular formula is C13H18F3N3OS. The molecule has 118 valence electrons. The van der Waals surface area contributed by atoms with Crippen molar-refractivity contribution in [1.82, 2.24) is 15.1 Å². The fourth-order valence-electron chi connectivity index (χ4n) is 2.22. The normalized spacial score (nSPS) is 17.2. The van der Waals surface area contributed by atoms with E-state index in [4.69, 9.17) is 0 Å². The van der Waals surface area contributed by atoms with Crippen LogP contribution in [0, 0.1) is 0 Å². The lowest BCUT2D eigenvalue weighted by atomic mass is 10.2. The number of nitrogens with zero attached hydrogens (tertiary/aromatic N) is 2. The molecule has 1 aliphatic rings. The second-order valence-electron chi connectivity index (χ2n) is 5.01. The maximum atomic E-state index is 12.0. The van der Waals surface area contributed by atoms with Gasteiger partial charge in [0, 0.05) is 32.7 Å². The summed E-state index contributed by atoms with van der Waals surface area (Å²) in [6.45, 7) is 2.10. The first kappa shape index (κ1) is 16.3. The van der Waals surface area contributed by atoms with Gasteiger partial charge in [-0.2, -0.15) is 24.5 Å². The SMILES string of the molecule is O=C(CNCC(F)(F)F)N1CCN(Cc2ccsc2)CC1. The first-order chi connectivity index (χ1) is 9.94. The van der Waals surface area contributed by atoms with E-state index >= 15 is 0 Å². The molecule has 2 heterocycles. The van der Waals surface area contributed by atoms with Crippen molar-refractivity contribution in [1.29, 1.82) is 0 Å². The molecule has 1 aromatic rings. The number of carbonyl (C=O) groups is 1. The molecule has 1 N–H and O–H groups in total. The molecule has 8 heteroatoms. The Morgan fingerprint density at radius 2 is 2.00 bits per heavy atom. The monoisotopic (exact) mass is 321 g/mol. The van der Waals surface area contributed by atoms with Crippen molar-refractivity contribution in [3.8, 4) is 0 Å². The largest absolute Gasteiger partial charge is 0.401 e. The highest BCUT2D eigenvalue weighted by Crippen LogP contribution is 2.13. The minimum Gasteiger partial charge on any atom is -0.339 e. The van der Waals surface area contributed by atoms with Crippen LogP contribution in [-0.2, 0) is 11.3 Å². The predicted molar refractivity (Wildman–Crippen MR) is 75.1 cm³/mol. The minimum absolute atomic E-state index is 0.260. The third-order valence-electron chi connectivity index (χ3n) is 3.31. The molecule has 21 heavy (non-hydrogen) atoms. The second-order valence-corrected chi connectivity index (χ2v) is 5.79. The van der Waals surface area contributed by atoms with Gasteiger partial charge in [0.15, 0.2) is 0 Å². The molecule has 4 nitrogen and oxygen atoms in total. The van der Waals surface area contributed by atoms with Gasteiger partial charge < -0.3 is 10.2 Å². The van der Waals surface area contributed by atoms with Crippen LogP contribution in [0.15, 0.2) is 16.8 Å². The average Bonchev–Trinajstić information content (AvgIpc) is 2.91. The van der Waals surface area contributed by atoms with Crippen LogP contribution in [0.5, 0.6) is 0 Å². The number of rotatable bonds is 5. The number of piperazine rings is 1. The van der Waals surface area contributed by atoms with Gasteiger partial charge in [0.2, 0.25) is 5.91 Å². The number of nitrogens with one attached hydrogen (secondary N) is 1. The molecule has 0 atom stereocenters. The topological polar surface area (TPSA) is 35.6 Å². The Labute approximate surface area is 125 Å². The molecule has 1 aromatic heterocycles. The predicted octanol–water partition coefficient (Wildman–Crippen LogP) is 1.54. The highest BCUT2D eigenvalue weighted by molar-refractivity contribution is 7.07. The van der Waals surface area contributed by atoms with Crippen LogP contribution in [0.3, 0.4) is 0 Å². The molecule has 0 radical (unpaired) electrons. The van der Waals surface area contributed by atoms with Crippen LogP contribution in [0.4, 0.5) is 13.2 Å². The molecule has 0 unspecified atom stereocenters. The van der Waals surface area contributed by atoms with Crippen molar-refractivity contribution >= 4 is 17.2 Å². The van der Waals surface area contributed by atoms with Crippen molar-refractivity contribution in [3.63, 3.8) is 0 Å². The Morgan fingerprint density at radius 3 is 2.57 bits per heavy atom. The third kappa shape index (κ3) is 5.64. The number of hydrogen-bond acceptors (Lipinski definition) is 4. The molecule has 0 saturated carbocycles. The van der Waals surface area contributed by atoms with Crippen LogP contribution in [0.2, 0.25) is 0 Å². The molecule has 1 amide bonds. The van der Waals surface area contributed by atoms with Crippen molar-refractivity contribution in [2.45, 2.75) is 12.7 Å². The maximum Gasteiger partial charge on any atom is 0.401 e. The summed E-state index contributed by atoms with van der Waals surface area (Å²) < 4.78 is 36.0. The maximum absolute atomic E-state index is 12.0. The second kappa shape index (κ2) is 7.24. The zero-order valence-corrected chi connectivity index (χ0v) is 12.3. The number of amides is 1. The van der Waals surface area contributed by atoms with Crippen molar-refractivity contribution < 1.29 is 18.0 Å². The first-order valence-electron chi connectivity index (χ1n) is 6.73. The van der Waals surface area contributed by atoms with E-state index in [0.717, 1.165) is 19.6 Å². The van der Waals surface area contributed by atoms with E-state index in [-0.39, 0.29) is 12.5 Å². The Morgan fingerprint density at radius 1 is 1.29 bits per heavy atom. The Hall–Kier alpha value is -1.12. The van der Waals surface area contributed by atoms with E-state index in [1.54, 1.807) is 16.2 Å². The molecule has 0 spiro atoms. The van der Waals surface area contributed by atoms with Gasteiger partial charge in [-0.1, -0.05) is 0 Å². The molecule has 0 aliphatic carbocycles. The summed E-state index contributed by atoms with van der Waals surface area (Å²) in [6.07, 6.45) is -4.28. The number of halogens is 3. The van der Waals surface area contributed by atoms with Crippen molar-refractivity contribution in [2.24, 2.45) is 0 Å². The third-order valence-corrected chi connectivity index (χ3v) is 4.04. The molecule has 2 rings (SSSR count). The highest BCUT2D eigenvalue weighted by atomic mass is 32.1. The number of alkyl halides is 3. The molecule has 0 aromatic carbocycles. The van der Waals surface area contributed by atoms with E-state index in [0.29, 0.717) is 13.1 Å². The van der Waals surface area contributed by atoms with E-state index in [1.807, 2.05) is 5.38 Å². The zero-order valence-electron chi connectivity index (χ0n) is 11.5. The van der Waals surface area contributed by atoms with Gasteiger partial charge in [0.05, 0.1) is 13.1 Å². The lowest BCUT2D eigenvalue weighted by Gasteiger charge is -2.34. The van der Waals surface area contributed by atoms with Crippen LogP contribution in [0.1, 0.15) is 5.56 Å². The number of carbonyl (C=O) groups excluding carboxylic acids is 1.